The molecule has 3 rings (SSSR count). The summed E-state index contributed by atoms with van der Waals surface area (Å²) in [6, 6.07) is 0. The standard InChI is InChI=1S/C10H11ClN4/c1-5-9(11)6(2)15-10(13-5)7-3-12-4-8(7)14-15/h12H,3-4H2,1-2H3/p+1. The molecule has 0 bridgehead atoms. The van der Waals surface area contributed by atoms with Gasteiger partial charge in [0.2, 0.25) is 0 Å². The predicted octanol–water partition coefficient (Wildman–Crippen LogP) is 0.577. The third-order valence-electron chi connectivity index (χ3n) is 2.95. The summed E-state index contributed by atoms with van der Waals surface area (Å²) < 4.78 is 1.87. The fourth-order valence-corrected chi connectivity index (χ4v) is 2.25. The molecule has 2 N–H and O–H groups in total. The zero-order chi connectivity index (χ0) is 10.6. The number of quaternary nitrogens is 1. The third-order valence-corrected chi connectivity index (χ3v) is 3.50. The molecule has 1 aliphatic rings. The van der Waals surface area contributed by atoms with Crippen molar-refractivity contribution in [1.29, 1.82) is 0 Å². The number of hydrogen-bond donors (Lipinski definition) is 1. The van der Waals surface area contributed by atoms with Crippen LogP contribution in [0.25, 0.3) is 5.65 Å². The van der Waals surface area contributed by atoms with Gasteiger partial charge in [-0.05, 0) is 13.8 Å². The lowest BCUT2D eigenvalue weighted by Crippen LogP contribution is -2.77. The van der Waals surface area contributed by atoms with Crippen LogP contribution in [0.2, 0.25) is 5.02 Å². The Bertz CT molecular complexity index is 558. The number of nitrogens with zero attached hydrogens (tertiary/aromatic N) is 3. The molecule has 0 saturated carbocycles. The van der Waals surface area contributed by atoms with E-state index in [9.17, 15) is 0 Å². The molecular weight excluding hydrogens is 212 g/mol. The molecule has 0 radical (unpaired) electrons. The van der Waals surface area contributed by atoms with Gasteiger partial charge in [0.1, 0.15) is 18.8 Å². The number of hydrogen-bond acceptors (Lipinski definition) is 2. The predicted molar refractivity (Wildman–Crippen MR) is 56.8 cm³/mol. The van der Waals surface area contributed by atoms with Crippen molar-refractivity contribution in [3.05, 3.63) is 27.7 Å². The maximum atomic E-state index is 6.15. The Morgan fingerprint density at radius 2 is 2.13 bits per heavy atom. The lowest BCUT2D eigenvalue weighted by atomic mass is 10.3. The van der Waals surface area contributed by atoms with Crippen molar-refractivity contribution in [3.8, 4) is 0 Å². The highest BCUT2D eigenvalue weighted by Gasteiger charge is 2.23. The van der Waals surface area contributed by atoms with E-state index < -0.39 is 0 Å². The first kappa shape index (κ1) is 9.12. The summed E-state index contributed by atoms with van der Waals surface area (Å²) in [6.45, 7) is 5.85. The second-order valence-electron chi connectivity index (χ2n) is 3.95. The average Bonchev–Trinajstić information content (AvgIpc) is 2.76. The Morgan fingerprint density at radius 3 is 2.93 bits per heavy atom. The molecule has 15 heavy (non-hydrogen) atoms. The van der Waals surface area contributed by atoms with Crippen molar-refractivity contribution in [1.82, 2.24) is 14.6 Å². The number of nitrogens with two attached hydrogens (primary N) is 1. The van der Waals surface area contributed by atoms with Crippen LogP contribution < -0.4 is 5.32 Å². The number of rotatable bonds is 0. The highest BCUT2D eigenvalue weighted by molar-refractivity contribution is 6.31. The monoisotopic (exact) mass is 223 g/mol. The number of aryl methyl sites for hydroxylation is 2. The van der Waals surface area contributed by atoms with Gasteiger partial charge in [-0.25, -0.2) is 9.50 Å². The highest BCUT2D eigenvalue weighted by atomic mass is 35.5. The molecule has 78 valence electrons. The molecule has 2 aromatic heterocycles. The summed E-state index contributed by atoms with van der Waals surface area (Å²) >= 11 is 6.15. The second-order valence-corrected chi connectivity index (χ2v) is 4.33. The normalized spacial score (nSPS) is 14.9. The first-order valence-corrected chi connectivity index (χ1v) is 5.41. The van der Waals surface area contributed by atoms with Gasteiger partial charge in [0.25, 0.3) is 0 Å². The van der Waals surface area contributed by atoms with Crippen molar-refractivity contribution < 1.29 is 5.32 Å². The number of halogens is 1. The van der Waals surface area contributed by atoms with Crippen molar-refractivity contribution in [2.45, 2.75) is 26.9 Å². The van der Waals surface area contributed by atoms with Crippen LogP contribution in [-0.4, -0.2) is 14.6 Å². The first-order valence-electron chi connectivity index (χ1n) is 5.03. The maximum Gasteiger partial charge on any atom is 0.165 e. The van der Waals surface area contributed by atoms with Gasteiger partial charge in [0, 0.05) is 0 Å². The smallest absolute Gasteiger partial charge is 0.165 e. The Labute approximate surface area is 92.3 Å². The van der Waals surface area contributed by atoms with Gasteiger partial charge in [-0.15, -0.1) is 0 Å². The summed E-state index contributed by atoms with van der Waals surface area (Å²) in [5, 5.41) is 7.48. The van der Waals surface area contributed by atoms with Crippen LogP contribution in [0, 0.1) is 13.8 Å². The quantitative estimate of drug-likeness (QED) is 0.710. The van der Waals surface area contributed by atoms with Crippen molar-refractivity contribution in [3.63, 3.8) is 0 Å². The SMILES string of the molecule is Cc1nc2c3c(nn2c(C)c1Cl)C[NH2+]C3. The summed E-state index contributed by atoms with van der Waals surface area (Å²) in [6.07, 6.45) is 0. The zero-order valence-corrected chi connectivity index (χ0v) is 9.47. The van der Waals surface area contributed by atoms with Gasteiger partial charge in [0.05, 0.1) is 22.0 Å². The van der Waals surface area contributed by atoms with E-state index >= 15 is 0 Å². The molecule has 0 aromatic carbocycles. The molecule has 5 heteroatoms. The number of aromatic nitrogens is 3. The summed E-state index contributed by atoms with van der Waals surface area (Å²) in [7, 11) is 0. The number of fused-ring (bicyclic) bond motifs is 3. The minimum Gasteiger partial charge on any atom is -0.337 e. The van der Waals surface area contributed by atoms with Crippen molar-refractivity contribution in [2.75, 3.05) is 0 Å². The molecule has 0 aliphatic carbocycles. The van der Waals surface area contributed by atoms with Crippen molar-refractivity contribution in [2.24, 2.45) is 0 Å². The summed E-state index contributed by atoms with van der Waals surface area (Å²) in [5.41, 5.74) is 5.24. The molecule has 0 atom stereocenters. The van der Waals surface area contributed by atoms with Gasteiger partial charge >= 0.3 is 0 Å². The molecule has 1 aliphatic heterocycles. The van der Waals surface area contributed by atoms with E-state index in [1.807, 2.05) is 18.4 Å². The largest absolute Gasteiger partial charge is 0.337 e. The molecule has 3 heterocycles. The van der Waals surface area contributed by atoms with Gasteiger partial charge in [-0.3, -0.25) is 0 Å². The zero-order valence-electron chi connectivity index (χ0n) is 8.71. The molecule has 2 aromatic rings. The van der Waals surface area contributed by atoms with Crippen LogP contribution in [0.15, 0.2) is 0 Å². The molecule has 0 saturated heterocycles. The van der Waals surface area contributed by atoms with Crippen LogP contribution in [0.1, 0.15) is 22.6 Å². The lowest BCUT2D eigenvalue weighted by molar-refractivity contribution is -0.676. The molecular formula is C10H12ClN4+. The van der Waals surface area contributed by atoms with Crippen molar-refractivity contribution >= 4 is 17.2 Å². The van der Waals surface area contributed by atoms with E-state index in [1.165, 1.54) is 5.56 Å². The van der Waals surface area contributed by atoms with Gasteiger partial charge < -0.3 is 5.32 Å². The van der Waals surface area contributed by atoms with E-state index in [4.69, 9.17) is 11.6 Å². The van der Waals surface area contributed by atoms with E-state index in [2.05, 4.69) is 15.4 Å². The molecule has 0 spiro atoms. The Balaban J connectivity index is 2.45. The van der Waals surface area contributed by atoms with E-state index in [-0.39, 0.29) is 0 Å². The van der Waals surface area contributed by atoms with Gasteiger partial charge in [-0.2, -0.15) is 5.10 Å². The molecule has 0 amide bonds. The van der Waals surface area contributed by atoms with E-state index in [0.29, 0.717) is 5.02 Å². The maximum absolute atomic E-state index is 6.15. The van der Waals surface area contributed by atoms with Gasteiger partial charge in [0.15, 0.2) is 5.65 Å². The Hall–Kier alpha value is -1.13. The minimum atomic E-state index is 0.715. The fourth-order valence-electron chi connectivity index (χ4n) is 2.12. The summed E-state index contributed by atoms with van der Waals surface area (Å²) in [4.78, 5) is 4.52. The van der Waals surface area contributed by atoms with Crippen LogP contribution in [-0.2, 0) is 13.1 Å². The first-order chi connectivity index (χ1) is 7.18. The van der Waals surface area contributed by atoms with Crippen LogP contribution >= 0.6 is 11.6 Å². The van der Waals surface area contributed by atoms with Crippen LogP contribution in [0.5, 0.6) is 0 Å². The van der Waals surface area contributed by atoms with E-state index in [0.717, 1.165) is 35.8 Å². The van der Waals surface area contributed by atoms with E-state index in [1.54, 1.807) is 0 Å². The summed E-state index contributed by atoms with van der Waals surface area (Å²) in [5.74, 6) is 0. The minimum absolute atomic E-state index is 0.715. The molecule has 4 nitrogen and oxygen atoms in total. The molecule has 0 unspecified atom stereocenters. The second kappa shape index (κ2) is 2.93. The van der Waals surface area contributed by atoms with Crippen LogP contribution in [0.4, 0.5) is 0 Å². The van der Waals surface area contributed by atoms with Gasteiger partial charge in [-0.1, -0.05) is 11.6 Å². The third kappa shape index (κ3) is 1.12. The fraction of sp³-hybridized carbons (Fsp3) is 0.400. The topological polar surface area (TPSA) is 46.8 Å². The Kier molecular flexibility index (Phi) is 1.78. The molecule has 0 fully saturated rings. The lowest BCUT2D eigenvalue weighted by Gasteiger charge is -2.04. The van der Waals surface area contributed by atoms with Crippen LogP contribution in [0.3, 0.4) is 0 Å². The Morgan fingerprint density at radius 1 is 1.33 bits per heavy atom. The average molecular weight is 224 g/mol. The highest BCUT2D eigenvalue weighted by Crippen LogP contribution is 2.23.